The smallest absolute Gasteiger partial charge is 0.293 e. The second-order valence-corrected chi connectivity index (χ2v) is 8.45. The van der Waals surface area contributed by atoms with E-state index < -0.39 is 0 Å². The van der Waals surface area contributed by atoms with Crippen LogP contribution in [0.3, 0.4) is 0 Å². The summed E-state index contributed by atoms with van der Waals surface area (Å²) in [5, 5.41) is 2.59. The van der Waals surface area contributed by atoms with E-state index in [2.05, 4.69) is 19.2 Å². The molecule has 168 valence electrons. The number of imide groups is 1. The molecule has 3 rings (SSSR count). The van der Waals surface area contributed by atoms with Gasteiger partial charge in [-0.2, -0.15) is 0 Å². The first kappa shape index (κ1) is 23.4. The van der Waals surface area contributed by atoms with Gasteiger partial charge in [-0.1, -0.05) is 38.1 Å². The summed E-state index contributed by atoms with van der Waals surface area (Å²) in [5.74, 6) is 0.531. The van der Waals surface area contributed by atoms with Gasteiger partial charge in [0.1, 0.15) is 0 Å². The van der Waals surface area contributed by atoms with E-state index in [1.54, 1.807) is 24.3 Å². The maximum absolute atomic E-state index is 12.5. The standard InChI is InChI=1S/C24H26N2O5S/c1-5-30-20-12-16(13-21-23(28)26(4)24(29)32-21)10-11-19(20)31-14-22(27)25-18-9-7-6-8-17(18)15(2)3/h6-13,15H,5,14H2,1-4H3,(H,25,27)/b21-13+. The number of carbonyl (C=O) groups excluding carboxylic acids is 3. The van der Waals surface area contributed by atoms with Gasteiger partial charge in [-0.05, 0) is 60.0 Å². The van der Waals surface area contributed by atoms with E-state index in [0.29, 0.717) is 28.6 Å². The van der Waals surface area contributed by atoms with E-state index in [1.807, 2.05) is 31.2 Å². The van der Waals surface area contributed by atoms with Crippen molar-refractivity contribution < 1.29 is 23.9 Å². The van der Waals surface area contributed by atoms with Crippen molar-refractivity contribution in [1.29, 1.82) is 0 Å². The predicted molar refractivity (Wildman–Crippen MR) is 126 cm³/mol. The second kappa shape index (κ2) is 10.4. The summed E-state index contributed by atoms with van der Waals surface area (Å²) < 4.78 is 11.4. The second-order valence-electron chi connectivity index (χ2n) is 7.46. The topological polar surface area (TPSA) is 84.9 Å². The highest BCUT2D eigenvalue weighted by atomic mass is 32.2. The molecule has 0 aromatic heterocycles. The van der Waals surface area contributed by atoms with Crippen LogP contribution in [0.2, 0.25) is 0 Å². The van der Waals surface area contributed by atoms with E-state index in [9.17, 15) is 14.4 Å². The van der Waals surface area contributed by atoms with E-state index >= 15 is 0 Å². The maximum atomic E-state index is 12.5. The van der Waals surface area contributed by atoms with E-state index in [4.69, 9.17) is 9.47 Å². The Kier molecular flexibility index (Phi) is 7.58. The third-order valence-corrected chi connectivity index (χ3v) is 5.73. The number of amides is 3. The minimum absolute atomic E-state index is 0.180. The van der Waals surface area contributed by atoms with Crippen LogP contribution in [0.4, 0.5) is 10.5 Å². The molecule has 0 radical (unpaired) electrons. The van der Waals surface area contributed by atoms with Crippen molar-refractivity contribution in [2.75, 3.05) is 25.6 Å². The number of carbonyl (C=O) groups is 3. The van der Waals surface area contributed by atoms with Gasteiger partial charge in [-0.15, -0.1) is 0 Å². The molecule has 2 aromatic carbocycles. The molecule has 1 fully saturated rings. The largest absolute Gasteiger partial charge is 0.490 e. The number of hydrogen-bond donors (Lipinski definition) is 1. The Bertz CT molecular complexity index is 1060. The number of likely N-dealkylation sites (N-methyl/N-ethyl adjacent to an activating group) is 1. The minimum Gasteiger partial charge on any atom is -0.490 e. The van der Waals surface area contributed by atoms with E-state index in [-0.39, 0.29) is 29.6 Å². The van der Waals surface area contributed by atoms with Gasteiger partial charge in [-0.3, -0.25) is 19.3 Å². The van der Waals surface area contributed by atoms with Gasteiger partial charge in [0.05, 0.1) is 11.5 Å². The molecule has 8 heteroatoms. The molecule has 1 heterocycles. The summed E-state index contributed by atoms with van der Waals surface area (Å²) in [6, 6.07) is 12.8. The Morgan fingerprint density at radius 1 is 1.12 bits per heavy atom. The van der Waals surface area contributed by atoms with Gasteiger partial charge in [-0.25, -0.2) is 0 Å². The van der Waals surface area contributed by atoms with Gasteiger partial charge >= 0.3 is 0 Å². The molecule has 0 aliphatic carbocycles. The molecule has 7 nitrogen and oxygen atoms in total. The summed E-state index contributed by atoms with van der Waals surface area (Å²) in [4.78, 5) is 37.7. The molecule has 1 saturated heterocycles. The lowest BCUT2D eigenvalue weighted by Crippen LogP contribution is -2.22. The van der Waals surface area contributed by atoms with Crippen molar-refractivity contribution >= 4 is 40.6 Å². The van der Waals surface area contributed by atoms with Crippen molar-refractivity contribution in [3.63, 3.8) is 0 Å². The van der Waals surface area contributed by atoms with Crippen LogP contribution in [0, 0.1) is 0 Å². The van der Waals surface area contributed by atoms with Crippen LogP contribution in [0.25, 0.3) is 6.08 Å². The van der Waals surface area contributed by atoms with Gasteiger partial charge in [0.25, 0.3) is 17.1 Å². The normalized spacial score (nSPS) is 14.9. The quantitative estimate of drug-likeness (QED) is 0.572. The highest BCUT2D eigenvalue weighted by Crippen LogP contribution is 2.34. The number of rotatable bonds is 8. The summed E-state index contributed by atoms with van der Waals surface area (Å²) in [6.07, 6.45) is 1.64. The number of nitrogens with one attached hydrogen (secondary N) is 1. The minimum atomic E-state index is -0.336. The highest BCUT2D eigenvalue weighted by Gasteiger charge is 2.31. The predicted octanol–water partition coefficient (Wildman–Crippen LogP) is 4.89. The summed E-state index contributed by atoms with van der Waals surface area (Å²) in [7, 11) is 1.45. The SMILES string of the molecule is CCOc1cc(/C=C2/SC(=O)N(C)C2=O)ccc1OCC(=O)Nc1ccccc1C(C)C. The zero-order valence-electron chi connectivity index (χ0n) is 18.5. The number of hydrogen-bond acceptors (Lipinski definition) is 6. The first-order valence-electron chi connectivity index (χ1n) is 10.3. The summed E-state index contributed by atoms with van der Waals surface area (Å²) >= 11 is 0.892. The fraction of sp³-hybridized carbons (Fsp3) is 0.292. The Morgan fingerprint density at radius 2 is 1.88 bits per heavy atom. The molecule has 0 unspecified atom stereocenters. The number of benzene rings is 2. The molecule has 0 bridgehead atoms. The van der Waals surface area contributed by atoms with Crippen LogP contribution in [-0.2, 0) is 9.59 Å². The van der Waals surface area contributed by atoms with Crippen molar-refractivity contribution in [2.24, 2.45) is 0 Å². The maximum Gasteiger partial charge on any atom is 0.293 e. The molecule has 1 aliphatic heterocycles. The lowest BCUT2D eigenvalue weighted by molar-refractivity contribution is -0.121. The monoisotopic (exact) mass is 454 g/mol. The third kappa shape index (κ3) is 5.50. The Balaban J connectivity index is 1.71. The lowest BCUT2D eigenvalue weighted by atomic mass is 10.0. The van der Waals surface area contributed by atoms with Crippen molar-refractivity contribution in [3.05, 3.63) is 58.5 Å². The number of thioether (sulfide) groups is 1. The van der Waals surface area contributed by atoms with Crippen LogP contribution in [-0.4, -0.2) is 42.2 Å². The van der Waals surface area contributed by atoms with Crippen molar-refractivity contribution in [3.8, 4) is 11.5 Å². The van der Waals surface area contributed by atoms with Gasteiger partial charge in [0.2, 0.25) is 0 Å². The van der Waals surface area contributed by atoms with Crippen LogP contribution < -0.4 is 14.8 Å². The van der Waals surface area contributed by atoms with Crippen LogP contribution in [0.5, 0.6) is 11.5 Å². The fourth-order valence-corrected chi connectivity index (χ4v) is 3.97. The third-order valence-electron chi connectivity index (χ3n) is 4.77. The number of ether oxygens (including phenoxy) is 2. The number of nitrogens with zero attached hydrogens (tertiary/aromatic N) is 1. The van der Waals surface area contributed by atoms with E-state index in [0.717, 1.165) is 27.9 Å². The molecule has 1 N–H and O–H groups in total. The molecular formula is C24H26N2O5S. The van der Waals surface area contributed by atoms with E-state index in [1.165, 1.54) is 7.05 Å². The molecule has 3 amide bonds. The van der Waals surface area contributed by atoms with Crippen LogP contribution >= 0.6 is 11.8 Å². The molecule has 2 aromatic rings. The molecule has 1 aliphatic rings. The fourth-order valence-electron chi connectivity index (χ4n) is 3.14. The average molecular weight is 455 g/mol. The van der Waals surface area contributed by atoms with Crippen molar-refractivity contribution in [2.45, 2.75) is 26.7 Å². The number of anilines is 1. The van der Waals surface area contributed by atoms with Gasteiger partial charge in [0.15, 0.2) is 18.1 Å². The summed E-state index contributed by atoms with van der Waals surface area (Å²) in [5.41, 5.74) is 2.51. The average Bonchev–Trinajstić information content (AvgIpc) is 3.00. The molecule has 0 atom stereocenters. The highest BCUT2D eigenvalue weighted by molar-refractivity contribution is 8.18. The van der Waals surface area contributed by atoms with Gasteiger partial charge in [0, 0.05) is 12.7 Å². The summed E-state index contributed by atoms with van der Waals surface area (Å²) in [6.45, 7) is 6.20. The Hall–Kier alpha value is -3.26. The molecule has 32 heavy (non-hydrogen) atoms. The first-order chi connectivity index (χ1) is 15.3. The Labute approximate surface area is 191 Å². The molecule has 0 spiro atoms. The van der Waals surface area contributed by atoms with Crippen molar-refractivity contribution in [1.82, 2.24) is 4.90 Å². The zero-order valence-corrected chi connectivity index (χ0v) is 19.3. The molecule has 0 saturated carbocycles. The molecular weight excluding hydrogens is 428 g/mol. The van der Waals surface area contributed by atoms with Crippen LogP contribution in [0.1, 0.15) is 37.8 Å². The zero-order chi connectivity index (χ0) is 23.3. The number of para-hydroxylation sites is 1. The lowest BCUT2D eigenvalue weighted by Gasteiger charge is -2.15. The first-order valence-corrected chi connectivity index (χ1v) is 11.1. The van der Waals surface area contributed by atoms with Gasteiger partial charge < -0.3 is 14.8 Å². The van der Waals surface area contributed by atoms with Crippen LogP contribution in [0.15, 0.2) is 47.4 Å². The Morgan fingerprint density at radius 3 is 2.53 bits per heavy atom.